The first kappa shape index (κ1) is 16.1. The summed E-state index contributed by atoms with van der Waals surface area (Å²) in [5.41, 5.74) is -0.666. The molecule has 0 saturated carbocycles. The fraction of sp³-hybridized carbons (Fsp3) is 0.562. The van der Waals surface area contributed by atoms with Gasteiger partial charge >= 0.3 is 6.18 Å². The molecular weight excluding hydrogens is 311 g/mol. The van der Waals surface area contributed by atoms with Gasteiger partial charge in [-0.25, -0.2) is 0 Å². The zero-order valence-electron chi connectivity index (χ0n) is 12.7. The Morgan fingerprint density at radius 3 is 2.78 bits per heavy atom. The second-order valence-corrected chi connectivity index (χ2v) is 5.90. The standard InChI is InChI=1S/C16H18F3NO3/c1-10-5-6-11(23-10)9-14(21)20-7-8-22-15-12(16(17,18)19)3-2-4-13(15)20/h2-4,10-11H,5-9H2,1H3/t10-,11-/m1/s1. The maximum absolute atomic E-state index is 13.1. The first-order valence-corrected chi connectivity index (χ1v) is 7.65. The van der Waals surface area contributed by atoms with E-state index >= 15 is 0 Å². The number of hydrogen-bond donors (Lipinski definition) is 0. The Bertz CT molecular complexity index is 603. The number of rotatable bonds is 2. The van der Waals surface area contributed by atoms with E-state index in [1.807, 2.05) is 6.92 Å². The second kappa shape index (κ2) is 6.03. The Kier molecular flexibility index (Phi) is 4.23. The normalized spacial score (nSPS) is 24.3. The highest BCUT2D eigenvalue weighted by Crippen LogP contribution is 2.43. The van der Waals surface area contributed by atoms with Gasteiger partial charge in [0.25, 0.3) is 0 Å². The number of ether oxygens (including phenoxy) is 2. The predicted molar refractivity (Wildman–Crippen MR) is 77.5 cm³/mol. The third-order valence-corrected chi connectivity index (χ3v) is 4.18. The predicted octanol–water partition coefficient (Wildman–Crippen LogP) is 3.39. The third-order valence-electron chi connectivity index (χ3n) is 4.18. The van der Waals surface area contributed by atoms with Gasteiger partial charge in [-0.2, -0.15) is 13.2 Å². The average Bonchev–Trinajstić information content (AvgIpc) is 2.90. The van der Waals surface area contributed by atoms with Crippen LogP contribution in [0.15, 0.2) is 18.2 Å². The molecule has 0 unspecified atom stereocenters. The van der Waals surface area contributed by atoms with Crippen molar-refractivity contribution in [2.45, 2.75) is 44.6 Å². The number of fused-ring (bicyclic) bond motifs is 1. The molecule has 1 aromatic rings. The summed E-state index contributed by atoms with van der Waals surface area (Å²) < 4.78 is 50.0. The Balaban J connectivity index is 1.83. The van der Waals surface area contributed by atoms with Crippen molar-refractivity contribution in [3.05, 3.63) is 23.8 Å². The van der Waals surface area contributed by atoms with E-state index in [4.69, 9.17) is 9.47 Å². The van der Waals surface area contributed by atoms with E-state index < -0.39 is 11.7 Å². The average molecular weight is 329 g/mol. The first-order valence-electron chi connectivity index (χ1n) is 7.65. The van der Waals surface area contributed by atoms with Gasteiger partial charge in [-0.3, -0.25) is 4.79 Å². The van der Waals surface area contributed by atoms with Crippen LogP contribution in [0.1, 0.15) is 31.7 Å². The van der Waals surface area contributed by atoms with Gasteiger partial charge in [-0.05, 0) is 31.9 Å². The number of halogens is 3. The molecule has 126 valence electrons. The van der Waals surface area contributed by atoms with Crippen LogP contribution in [0.25, 0.3) is 0 Å². The monoisotopic (exact) mass is 329 g/mol. The number of alkyl halides is 3. The highest BCUT2D eigenvalue weighted by Gasteiger charge is 2.38. The van der Waals surface area contributed by atoms with Crippen LogP contribution in [-0.4, -0.2) is 31.3 Å². The molecule has 0 spiro atoms. The van der Waals surface area contributed by atoms with E-state index in [9.17, 15) is 18.0 Å². The Hall–Kier alpha value is -1.76. The van der Waals surface area contributed by atoms with Crippen LogP contribution in [0, 0.1) is 0 Å². The summed E-state index contributed by atoms with van der Waals surface area (Å²) in [6.45, 7) is 2.24. The number of carbonyl (C=O) groups is 1. The van der Waals surface area contributed by atoms with E-state index in [1.54, 1.807) is 0 Å². The Morgan fingerprint density at radius 2 is 2.13 bits per heavy atom. The van der Waals surface area contributed by atoms with Crippen molar-refractivity contribution in [3.8, 4) is 5.75 Å². The van der Waals surface area contributed by atoms with Crippen LogP contribution in [0.2, 0.25) is 0 Å². The van der Waals surface area contributed by atoms with Crippen molar-refractivity contribution >= 4 is 11.6 Å². The maximum Gasteiger partial charge on any atom is 0.420 e. The quantitative estimate of drug-likeness (QED) is 0.835. The molecule has 0 aliphatic carbocycles. The molecule has 1 fully saturated rings. The number of nitrogens with zero attached hydrogens (tertiary/aromatic N) is 1. The molecule has 0 bridgehead atoms. The number of amides is 1. The minimum absolute atomic E-state index is 0.0494. The van der Waals surface area contributed by atoms with Gasteiger partial charge in [-0.1, -0.05) is 6.07 Å². The fourth-order valence-electron chi connectivity index (χ4n) is 3.07. The van der Waals surface area contributed by atoms with Gasteiger partial charge in [0.15, 0.2) is 5.75 Å². The summed E-state index contributed by atoms with van der Waals surface area (Å²) >= 11 is 0. The van der Waals surface area contributed by atoms with E-state index in [2.05, 4.69) is 0 Å². The molecule has 2 aliphatic heterocycles. The number of benzene rings is 1. The van der Waals surface area contributed by atoms with Crippen molar-refractivity contribution in [2.24, 2.45) is 0 Å². The summed E-state index contributed by atoms with van der Waals surface area (Å²) in [5.74, 6) is -0.492. The largest absolute Gasteiger partial charge is 0.489 e. The van der Waals surface area contributed by atoms with Crippen LogP contribution in [0.4, 0.5) is 18.9 Å². The van der Waals surface area contributed by atoms with Gasteiger partial charge in [0.05, 0.1) is 36.4 Å². The number of anilines is 1. The Labute approximate surface area is 132 Å². The zero-order valence-corrected chi connectivity index (χ0v) is 12.7. The molecule has 0 radical (unpaired) electrons. The van der Waals surface area contributed by atoms with E-state index in [0.29, 0.717) is 0 Å². The van der Waals surface area contributed by atoms with E-state index in [1.165, 1.54) is 17.0 Å². The molecular formula is C16H18F3NO3. The van der Waals surface area contributed by atoms with Gasteiger partial charge in [-0.15, -0.1) is 0 Å². The number of para-hydroxylation sites is 1. The molecule has 1 amide bonds. The number of carbonyl (C=O) groups excluding carboxylic acids is 1. The minimum Gasteiger partial charge on any atom is -0.489 e. The molecule has 0 N–H and O–H groups in total. The van der Waals surface area contributed by atoms with E-state index in [0.717, 1.165) is 18.9 Å². The summed E-state index contributed by atoms with van der Waals surface area (Å²) in [6.07, 6.45) is -2.67. The summed E-state index contributed by atoms with van der Waals surface area (Å²) in [4.78, 5) is 13.9. The molecule has 7 heteroatoms. The topological polar surface area (TPSA) is 38.8 Å². The van der Waals surface area contributed by atoms with Crippen LogP contribution < -0.4 is 9.64 Å². The molecule has 4 nitrogen and oxygen atoms in total. The molecule has 2 aliphatic rings. The lowest BCUT2D eigenvalue weighted by Crippen LogP contribution is -2.40. The summed E-state index contributed by atoms with van der Waals surface area (Å²) in [5, 5.41) is 0. The third kappa shape index (κ3) is 3.29. The second-order valence-electron chi connectivity index (χ2n) is 5.90. The van der Waals surface area contributed by atoms with Gasteiger partial charge in [0.2, 0.25) is 5.91 Å². The van der Waals surface area contributed by atoms with Crippen molar-refractivity contribution < 1.29 is 27.4 Å². The van der Waals surface area contributed by atoms with Crippen molar-refractivity contribution in [3.63, 3.8) is 0 Å². The Morgan fingerprint density at radius 1 is 1.35 bits per heavy atom. The molecule has 1 aromatic carbocycles. The van der Waals surface area contributed by atoms with Crippen LogP contribution >= 0.6 is 0 Å². The minimum atomic E-state index is -4.51. The van der Waals surface area contributed by atoms with Crippen LogP contribution in [0.3, 0.4) is 0 Å². The fourth-order valence-corrected chi connectivity index (χ4v) is 3.07. The molecule has 2 atom stereocenters. The van der Waals surface area contributed by atoms with E-state index in [-0.39, 0.29) is 49.1 Å². The maximum atomic E-state index is 13.1. The zero-order chi connectivity index (χ0) is 16.6. The first-order chi connectivity index (χ1) is 10.9. The summed E-state index contributed by atoms with van der Waals surface area (Å²) in [6, 6.07) is 3.75. The molecule has 2 heterocycles. The van der Waals surface area contributed by atoms with Crippen LogP contribution in [0.5, 0.6) is 5.75 Å². The molecule has 3 rings (SSSR count). The SMILES string of the molecule is C[C@@H]1CC[C@H](CC(=O)N2CCOc3c2cccc3C(F)(F)F)O1. The number of hydrogen-bond acceptors (Lipinski definition) is 3. The van der Waals surface area contributed by atoms with Gasteiger partial charge in [0.1, 0.15) is 6.61 Å². The van der Waals surface area contributed by atoms with Gasteiger partial charge in [0, 0.05) is 0 Å². The highest BCUT2D eigenvalue weighted by atomic mass is 19.4. The lowest BCUT2D eigenvalue weighted by Gasteiger charge is -2.31. The van der Waals surface area contributed by atoms with Crippen molar-refractivity contribution in [1.82, 2.24) is 0 Å². The van der Waals surface area contributed by atoms with Gasteiger partial charge < -0.3 is 14.4 Å². The van der Waals surface area contributed by atoms with Crippen molar-refractivity contribution in [2.75, 3.05) is 18.1 Å². The lowest BCUT2D eigenvalue weighted by molar-refractivity contribution is -0.139. The summed E-state index contributed by atoms with van der Waals surface area (Å²) in [7, 11) is 0. The molecule has 1 saturated heterocycles. The highest BCUT2D eigenvalue weighted by molar-refractivity contribution is 5.96. The smallest absolute Gasteiger partial charge is 0.420 e. The molecule has 23 heavy (non-hydrogen) atoms. The molecule has 0 aromatic heterocycles. The van der Waals surface area contributed by atoms with Crippen LogP contribution in [-0.2, 0) is 15.7 Å². The lowest BCUT2D eigenvalue weighted by atomic mass is 10.1. The van der Waals surface area contributed by atoms with Crippen molar-refractivity contribution in [1.29, 1.82) is 0 Å².